The van der Waals surface area contributed by atoms with Crippen LogP contribution in [0.25, 0.3) is 0 Å². The number of ether oxygens (including phenoxy) is 1. The minimum absolute atomic E-state index is 0.201. The van der Waals surface area contributed by atoms with Gasteiger partial charge in [0, 0.05) is 22.7 Å². The quantitative estimate of drug-likeness (QED) is 0.283. The zero-order chi connectivity index (χ0) is 22.0. The summed E-state index contributed by atoms with van der Waals surface area (Å²) in [4.78, 5) is 1.37. The van der Waals surface area contributed by atoms with Crippen LogP contribution in [-0.2, 0) is 12.0 Å². The Morgan fingerprint density at radius 3 is 2.27 bits per heavy atom. The Bertz CT molecular complexity index is 746. The Morgan fingerprint density at radius 2 is 1.73 bits per heavy atom. The van der Waals surface area contributed by atoms with E-state index in [-0.39, 0.29) is 5.41 Å². The van der Waals surface area contributed by atoms with Gasteiger partial charge in [0.25, 0.3) is 0 Å². The molecule has 2 aromatic carbocycles. The van der Waals surface area contributed by atoms with Crippen LogP contribution in [0, 0.1) is 0 Å². The summed E-state index contributed by atoms with van der Waals surface area (Å²) in [6.45, 7) is 13.9. The summed E-state index contributed by atoms with van der Waals surface area (Å²) in [5.74, 6) is 0.901. The fourth-order valence-electron chi connectivity index (χ4n) is 3.56. The molecule has 0 amide bonds. The normalized spacial score (nSPS) is 13.6. The van der Waals surface area contributed by atoms with Gasteiger partial charge in [0.2, 0.25) is 0 Å². The average molecular weight is 426 g/mol. The first-order chi connectivity index (χ1) is 14.4. The van der Waals surface area contributed by atoms with Gasteiger partial charge in [0.05, 0.1) is 7.11 Å². The molecular weight excluding hydrogens is 386 g/mol. The van der Waals surface area contributed by atoms with Crippen molar-refractivity contribution in [2.75, 3.05) is 7.11 Å². The second kappa shape index (κ2) is 12.2. The van der Waals surface area contributed by atoms with Crippen LogP contribution in [0.5, 0.6) is 5.75 Å². The number of hydrogen-bond acceptors (Lipinski definition) is 3. The first-order valence-electron chi connectivity index (χ1n) is 11.1. The van der Waals surface area contributed by atoms with Gasteiger partial charge in [0.15, 0.2) is 0 Å². The fraction of sp³-hybridized carbons (Fsp3) is 0.481. The Hall–Kier alpha value is -1.71. The van der Waals surface area contributed by atoms with Gasteiger partial charge >= 0.3 is 0 Å². The zero-order valence-corrected chi connectivity index (χ0v) is 20.2. The smallest absolute Gasteiger partial charge is 0.118 e. The second-order valence-corrected chi connectivity index (χ2v) is 10.4. The predicted molar refractivity (Wildman–Crippen MR) is 133 cm³/mol. The molecule has 0 fully saturated rings. The van der Waals surface area contributed by atoms with Crippen molar-refractivity contribution in [2.24, 2.45) is 0 Å². The third kappa shape index (κ3) is 8.20. The van der Waals surface area contributed by atoms with E-state index in [0.717, 1.165) is 25.1 Å². The molecule has 1 N–H and O–H groups in total. The van der Waals surface area contributed by atoms with Crippen molar-refractivity contribution in [1.82, 2.24) is 5.32 Å². The fourth-order valence-corrected chi connectivity index (χ4v) is 4.92. The van der Waals surface area contributed by atoms with Gasteiger partial charge in [-0.3, -0.25) is 0 Å². The minimum Gasteiger partial charge on any atom is -0.497 e. The predicted octanol–water partition coefficient (Wildman–Crippen LogP) is 7.38. The van der Waals surface area contributed by atoms with Crippen LogP contribution in [0.3, 0.4) is 0 Å². The van der Waals surface area contributed by atoms with E-state index in [2.05, 4.69) is 76.0 Å². The summed E-state index contributed by atoms with van der Waals surface area (Å²) < 4.78 is 5.26. The molecule has 0 aliphatic rings. The maximum Gasteiger partial charge on any atom is 0.118 e. The molecule has 0 radical (unpaired) electrons. The van der Waals surface area contributed by atoms with Crippen LogP contribution >= 0.6 is 11.8 Å². The first-order valence-corrected chi connectivity index (χ1v) is 12.0. The molecule has 3 heteroatoms. The third-order valence-corrected chi connectivity index (χ3v) is 6.69. The summed E-state index contributed by atoms with van der Waals surface area (Å²) >= 11 is 2.02. The van der Waals surface area contributed by atoms with Gasteiger partial charge in [-0.1, -0.05) is 64.5 Å². The number of nitrogens with one attached hydrogen (secondary N) is 1. The van der Waals surface area contributed by atoms with Crippen LogP contribution < -0.4 is 10.1 Å². The Balaban J connectivity index is 1.98. The SMILES string of the molecule is C=CCC(CC(CCC)Sc1ccc(C(C)(C)C)cc1)NCc1ccc(OC)cc1. The molecule has 0 heterocycles. The van der Waals surface area contributed by atoms with Gasteiger partial charge in [-0.05, 0) is 60.1 Å². The second-order valence-electron chi connectivity index (χ2n) is 8.99. The molecule has 0 aromatic heterocycles. The molecule has 2 nitrogen and oxygen atoms in total. The Labute approximate surface area is 188 Å². The molecule has 2 rings (SSSR count). The zero-order valence-electron chi connectivity index (χ0n) is 19.4. The average Bonchev–Trinajstić information content (AvgIpc) is 2.72. The molecule has 164 valence electrons. The first kappa shape index (κ1) is 24.6. The van der Waals surface area contributed by atoms with Crippen molar-refractivity contribution in [3.63, 3.8) is 0 Å². The lowest BCUT2D eigenvalue weighted by Crippen LogP contribution is -2.31. The number of thioether (sulfide) groups is 1. The van der Waals surface area contributed by atoms with E-state index in [4.69, 9.17) is 4.74 Å². The van der Waals surface area contributed by atoms with Crippen LogP contribution in [0.4, 0.5) is 0 Å². The highest BCUT2D eigenvalue weighted by Crippen LogP contribution is 2.32. The lowest BCUT2D eigenvalue weighted by atomic mass is 9.87. The summed E-state index contributed by atoms with van der Waals surface area (Å²) in [5, 5.41) is 4.35. The van der Waals surface area contributed by atoms with Crippen molar-refractivity contribution in [2.45, 2.75) is 81.5 Å². The minimum atomic E-state index is 0.201. The number of benzene rings is 2. The summed E-state index contributed by atoms with van der Waals surface area (Å²) in [6.07, 6.45) is 6.60. The molecule has 0 bridgehead atoms. The Kier molecular flexibility index (Phi) is 10.0. The molecule has 2 unspecified atom stereocenters. The summed E-state index contributed by atoms with van der Waals surface area (Å²) in [5.41, 5.74) is 2.87. The summed E-state index contributed by atoms with van der Waals surface area (Å²) in [6, 6.07) is 17.9. The monoisotopic (exact) mass is 425 g/mol. The highest BCUT2D eigenvalue weighted by Gasteiger charge is 2.18. The van der Waals surface area contributed by atoms with Gasteiger partial charge in [-0.15, -0.1) is 18.3 Å². The van der Waals surface area contributed by atoms with E-state index in [1.807, 2.05) is 30.0 Å². The van der Waals surface area contributed by atoms with Crippen LogP contribution in [0.2, 0.25) is 0 Å². The van der Waals surface area contributed by atoms with Gasteiger partial charge in [-0.2, -0.15) is 0 Å². The summed E-state index contributed by atoms with van der Waals surface area (Å²) in [7, 11) is 1.70. The number of methoxy groups -OCH3 is 1. The number of rotatable bonds is 12. The third-order valence-electron chi connectivity index (χ3n) is 5.39. The van der Waals surface area contributed by atoms with E-state index in [9.17, 15) is 0 Å². The molecule has 0 spiro atoms. The highest BCUT2D eigenvalue weighted by molar-refractivity contribution is 8.00. The maximum absolute atomic E-state index is 5.26. The van der Waals surface area contributed by atoms with E-state index in [1.54, 1.807) is 7.11 Å². The molecule has 0 saturated carbocycles. The molecule has 0 aliphatic carbocycles. The molecule has 2 aromatic rings. The van der Waals surface area contributed by atoms with Crippen molar-refractivity contribution < 1.29 is 4.74 Å². The van der Waals surface area contributed by atoms with Crippen molar-refractivity contribution in [1.29, 1.82) is 0 Å². The standard InChI is InChI=1S/C27H39NOS/c1-7-9-23(28-20-21-11-15-24(29-6)16-12-21)19-26(10-8-2)30-25-17-13-22(14-18-25)27(3,4)5/h7,11-18,23,26,28H,1,8-10,19-20H2,2-6H3. The highest BCUT2D eigenvalue weighted by atomic mass is 32.2. The Morgan fingerprint density at radius 1 is 1.07 bits per heavy atom. The topological polar surface area (TPSA) is 21.3 Å². The molecular formula is C27H39NOS. The number of hydrogen-bond donors (Lipinski definition) is 1. The van der Waals surface area contributed by atoms with Crippen LogP contribution in [-0.4, -0.2) is 18.4 Å². The van der Waals surface area contributed by atoms with Gasteiger partial charge < -0.3 is 10.1 Å². The van der Waals surface area contributed by atoms with Gasteiger partial charge in [-0.25, -0.2) is 0 Å². The van der Waals surface area contributed by atoms with Gasteiger partial charge in [0.1, 0.15) is 5.75 Å². The van der Waals surface area contributed by atoms with E-state index in [0.29, 0.717) is 11.3 Å². The molecule has 0 saturated heterocycles. The van der Waals surface area contributed by atoms with Crippen molar-refractivity contribution in [3.05, 3.63) is 72.3 Å². The van der Waals surface area contributed by atoms with Crippen molar-refractivity contribution in [3.8, 4) is 5.75 Å². The molecule has 30 heavy (non-hydrogen) atoms. The lowest BCUT2D eigenvalue weighted by Gasteiger charge is -2.24. The van der Waals surface area contributed by atoms with Crippen molar-refractivity contribution >= 4 is 11.8 Å². The largest absolute Gasteiger partial charge is 0.497 e. The van der Waals surface area contributed by atoms with E-state index < -0.39 is 0 Å². The van der Waals surface area contributed by atoms with Crippen LogP contribution in [0.1, 0.15) is 64.5 Å². The molecule has 0 aliphatic heterocycles. The van der Waals surface area contributed by atoms with E-state index in [1.165, 1.54) is 28.9 Å². The molecule has 2 atom stereocenters. The lowest BCUT2D eigenvalue weighted by molar-refractivity contribution is 0.414. The van der Waals surface area contributed by atoms with Crippen LogP contribution in [0.15, 0.2) is 66.1 Å². The van der Waals surface area contributed by atoms with E-state index >= 15 is 0 Å². The maximum atomic E-state index is 5.26.